The summed E-state index contributed by atoms with van der Waals surface area (Å²) in [6.07, 6.45) is 0.268. The molecular weight excluding hydrogens is 376 g/mol. The molecule has 1 aliphatic heterocycles. The highest BCUT2D eigenvalue weighted by atomic mass is 16.5. The summed E-state index contributed by atoms with van der Waals surface area (Å²) in [5, 5.41) is 6.24. The van der Waals surface area contributed by atoms with Gasteiger partial charge in [-0.3, -0.25) is 4.79 Å². The van der Waals surface area contributed by atoms with Crippen LogP contribution in [0.2, 0.25) is 0 Å². The van der Waals surface area contributed by atoms with Crippen LogP contribution in [0.25, 0.3) is 21.9 Å². The standard InChI is InChI=1S/C24H24N4O2/c1-16-7-8-22-19(13-16)21(26-30-22)15-24(29)28-11-9-27(10-12-28)23-14-17(2)18-5-3-4-6-20(18)25-23/h3-8,13-14H,9-12,15H2,1-2H3. The first-order chi connectivity index (χ1) is 14.6. The Bertz CT molecular complexity index is 1240. The van der Waals surface area contributed by atoms with Crippen molar-refractivity contribution >= 4 is 33.6 Å². The lowest BCUT2D eigenvalue weighted by molar-refractivity contribution is -0.130. The highest BCUT2D eigenvalue weighted by Crippen LogP contribution is 2.24. The molecule has 0 N–H and O–H groups in total. The summed E-state index contributed by atoms with van der Waals surface area (Å²) in [6, 6.07) is 16.3. The summed E-state index contributed by atoms with van der Waals surface area (Å²) in [7, 11) is 0. The van der Waals surface area contributed by atoms with Crippen LogP contribution in [0.15, 0.2) is 53.1 Å². The summed E-state index contributed by atoms with van der Waals surface area (Å²) in [4.78, 5) is 21.9. The van der Waals surface area contributed by atoms with Crippen molar-refractivity contribution in [1.82, 2.24) is 15.0 Å². The molecule has 0 atom stereocenters. The van der Waals surface area contributed by atoms with Crippen LogP contribution in [0.5, 0.6) is 0 Å². The number of amides is 1. The minimum atomic E-state index is 0.0917. The Hall–Kier alpha value is -3.41. The second kappa shape index (κ2) is 7.44. The minimum Gasteiger partial charge on any atom is -0.356 e. The van der Waals surface area contributed by atoms with Gasteiger partial charge in [0.1, 0.15) is 11.5 Å². The molecule has 30 heavy (non-hydrogen) atoms. The number of rotatable bonds is 3. The fraction of sp³-hybridized carbons (Fsp3) is 0.292. The van der Waals surface area contributed by atoms with Gasteiger partial charge in [0, 0.05) is 37.0 Å². The average molecular weight is 400 g/mol. The molecule has 2 aromatic heterocycles. The fourth-order valence-electron chi connectivity index (χ4n) is 4.16. The van der Waals surface area contributed by atoms with Crippen LogP contribution < -0.4 is 4.90 Å². The van der Waals surface area contributed by atoms with Gasteiger partial charge < -0.3 is 14.3 Å². The van der Waals surface area contributed by atoms with Crippen LogP contribution in [0.1, 0.15) is 16.8 Å². The Balaban J connectivity index is 1.27. The number of aromatic nitrogens is 2. The molecule has 3 heterocycles. The highest BCUT2D eigenvalue weighted by Gasteiger charge is 2.24. The molecule has 0 unspecified atom stereocenters. The number of pyridine rings is 1. The van der Waals surface area contributed by atoms with Crippen LogP contribution in [0, 0.1) is 13.8 Å². The second-order valence-corrected chi connectivity index (χ2v) is 7.99. The van der Waals surface area contributed by atoms with Crippen LogP contribution in [-0.2, 0) is 11.2 Å². The zero-order valence-electron chi connectivity index (χ0n) is 17.3. The zero-order valence-corrected chi connectivity index (χ0v) is 17.3. The van der Waals surface area contributed by atoms with E-state index in [1.807, 2.05) is 42.2 Å². The van der Waals surface area contributed by atoms with Crippen LogP contribution in [-0.4, -0.2) is 47.1 Å². The molecule has 6 nitrogen and oxygen atoms in total. The third-order valence-electron chi connectivity index (χ3n) is 5.88. The number of carbonyl (C=O) groups is 1. The number of nitrogens with zero attached hydrogens (tertiary/aromatic N) is 4. The van der Waals surface area contributed by atoms with Gasteiger partial charge in [-0.2, -0.15) is 0 Å². The van der Waals surface area contributed by atoms with Gasteiger partial charge in [0.2, 0.25) is 5.91 Å². The molecule has 0 saturated carbocycles. The first kappa shape index (κ1) is 18.6. The lowest BCUT2D eigenvalue weighted by Crippen LogP contribution is -2.49. The van der Waals surface area contributed by atoms with Gasteiger partial charge in [-0.25, -0.2) is 4.98 Å². The summed E-state index contributed by atoms with van der Waals surface area (Å²) in [5.41, 5.74) is 4.81. The Morgan fingerprint density at radius 3 is 2.63 bits per heavy atom. The van der Waals surface area contributed by atoms with Gasteiger partial charge in [-0.05, 0) is 43.7 Å². The van der Waals surface area contributed by atoms with Crippen molar-refractivity contribution in [3.8, 4) is 0 Å². The zero-order chi connectivity index (χ0) is 20.7. The number of para-hydroxylation sites is 1. The molecule has 4 aromatic rings. The van der Waals surface area contributed by atoms with Crippen molar-refractivity contribution in [2.45, 2.75) is 20.3 Å². The van der Waals surface area contributed by atoms with E-state index in [2.05, 4.69) is 35.2 Å². The molecular formula is C24H24N4O2. The molecule has 0 spiro atoms. The lowest BCUT2D eigenvalue weighted by Gasteiger charge is -2.35. The summed E-state index contributed by atoms with van der Waals surface area (Å²) in [6.45, 7) is 7.06. The summed E-state index contributed by atoms with van der Waals surface area (Å²) < 4.78 is 5.38. The van der Waals surface area contributed by atoms with E-state index in [1.165, 1.54) is 10.9 Å². The van der Waals surface area contributed by atoms with Gasteiger partial charge in [-0.1, -0.05) is 35.0 Å². The highest BCUT2D eigenvalue weighted by molar-refractivity contribution is 5.87. The lowest BCUT2D eigenvalue weighted by atomic mass is 10.1. The molecule has 6 heteroatoms. The third kappa shape index (κ3) is 3.38. The number of piperazine rings is 1. The van der Waals surface area contributed by atoms with E-state index in [1.54, 1.807) is 0 Å². The van der Waals surface area contributed by atoms with Gasteiger partial charge in [0.05, 0.1) is 11.9 Å². The van der Waals surface area contributed by atoms with Gasteiger partial charge >= 0.3 is 0 Å². The number of carbonyl (C=O) groups excluding carboxylic acids is 1. The molecule has 1 amide bonds. The van der Waals surface area contributed by atoms with E-state index < -0.39 is 0 Å². The van der Waals surface area contributed by atoms with Crippen LogP contribution >= 0.6 is 0 Å². The van der Waals surface area contributed by atoms with Crippen molar-refractivity contribution in [2.75, 3.05) is 31.1 Å². The maximum Gasteiger partial charge on any atom is 0.228 e. The van der Waals surface area contributed by atoms with Crippen molar-refractivity contribution in [2.24, 2.45) is 0 Å². The van der Waals surface area contributed by atoms with Crippen molar-refractivity contribution in [3.05, 3.63) is 65.4 Å². The average Bonchev–Trinajstić information content (AvgIpc) is 3.15. The Labute approximate surface area is 175 Å². The molecule has 5 rings (SSSR count). The monoisotopic (exact) mass is 400 g/mol. The molecule has 2 aromatic carbocycles. The SMILES string of the molecule is Cc1ccc2onc(CC(=O)N3CCN(c4cc(C)c5ccccc5n4)CC3)c2c1. The normalized spacial score (nSPS) is 14.6. The maximum atomic E-state index is 12.9. The van der Waals surface area contributed by atoms with E-state index in [0.29, 0.717) is 18.8 Å². The fourth-order valence-corrected chi connectivity index (χ4v) is 4.16. The third-order valence-corrected chi connectivity index (χ3v) is 5.88. The minimum absolute atomic E-state index is 0.0917. The Kier molecular flexibility index (Phi) is 4.62. The van der Waals surface area contributed by atoms with E-state index in [4.69, 9.17) is 9.51 Å². The number of benzene rings is 2. The summed E-state index contributed by atoms with van der Waals surface area (Å²) in [5.74, 6) is 1.07. The molecule has 152 valence electrons. The molecule has 0 radical (unpaired) electrons. The molecule has 1 aliphatic rings. The summed E-state index contributed by atoms with van der Waals surface area (Å²) >= 11 is 0. The predicted molar refractivity (Wildman–Crippen MR) is 118 cm³/mol. The Morgan fingerprint density at radius 1 is 1.00 bits per heavy atom. The van der Waals surface area contributed by atoms with Crippen molar-refractivity contribution < 1.29 is 9.32 Å². The number of hydrogen-bond donors (Lipinski definition) is 0. The first-order valence-electron chi connectivity index (χ1n) is 10.3. The molecule has 1 fully saturated rings. The molecule has 1 saturated heterocycles. The molecule has 0 aliphatic carbocycles. The number of fused-ring (bicyclic) bond motifs is 2. The smallest absolute Gasteiger partial charge is 0.228 e. The molecule has 0 bridgehead atoms. The van der Waals surface area contributed by atoms with Crippen LogP contribution in [0.3, 0.4) is 0 Å². The van der Waals surface area contributed by atoms with E-state index in [0.717, 1.165) is 41.0 Å². The van der Waals surface area contributed by atoms with E-state index in [-0.39, 0.29) is 12.3 Å². The number of aryl methyl sites for hydroxylation is 2. The first-order valence-corrected chi connectivity index (χ1v) is 10.3. The maximum absolute atomic E-state index is 12.9. The van der Waals surface area contributed by atoms with Crippen molar-refractivity contribution in [3.63, 3.8) is 0 Å². The quantitative estimate of drug-likeness (QED) is 0.522. The predicted octanol–water partition coefficient (Wildman–Crippen LogP) is 3.88. The topological polar surface area (TPSA) is 62.5 Å². The number of hydrogen-bond acceptors (Lipinski definition) is 5. The van der Waals surface area contributed by atoms with Crippen LogP contribution in [0.4, 0.5) is 5.82 Å². The van der Waals surface area contributed by atoms with Gasteiger partial charge in [-0.15, -0.1) is 0 Å². The van der Waals surface area contributed by atoms with Crippen molar-refractivity contribution in [1.29, 1.82) is 0 Å². The van der Waals surface area contributed by atoms with Gasteiger partial charge in [0.25, 0.3) is 0 Å². The largest absolute Gasteiger partial charge is 0.356 e. The van der Waals surface area contributed by atoms with Gasteiger partial charge in [0.15, 0.2) is 5.58 Å². The number of anilines is 1. The van der Waals surface area contributed by atoms with E-state index >= 15 is 0 Å². The second-order valence-electron chi connectivity index (χ2n) is 7.99. The van der Waals surface area contributed by atoms with E-state index in [9.17, 15) is 4.79 Å². The Morgan fingerprint density at radius 2 is 1.80 bits per heavy atom.